The molecule has 0 bridgehead atoms. The Kier molecular flexibility index (Phi) is 3.27. The fourth-order valence-corrected chi connectivity index (χ4v) is 1.21. The molecular formula is C5H2Br3NO2. The van der Waals surface area contributed by atoms with Crippen molar-refractivity contribution in [1.29, 1.82) is 0 Å². The topological polar surface area (TPSA) is 43.1 Å². The number of aromatic nitrogens is 1. The van der Waals surface area contributed by atoms with Crippen LogP contribution in [-0.2, 0) is 0 Å². The molecule has 0 saturated heterocycles. The Morgan fingerprint density at radius 3 is 2.64 bits per heavy atom. The van der Waals surface area contributed by atoms with Gasteiger partial charge in [-0.1, -0.05) is 37.0 Å². The van der Waals surface area contributed by atoms with Gasteiger partial charge in [-0.05, 0) is 15.9 Å². The zero-order valence-corrected chi connectivity index (χ0v) is 9.81. The van der Waals surface area contributed by atoms with E-state index in [4.69, 9.17) is 0 Å². The molecule has 1 rings (SSSR count). The summed E-state index contributed by atoms with van der Waals surface area (Å²) in [7, 11) is 0. The fraction of sp³-hybridized carbons (Fsp3) is 0.200. The molecule has 1 aromatic rings. The van der Waals surface area contributed by atoms with Crippen molar-refractivity contribution in [2.45, 2.75) is 3.74 Å². The number of halogens is 3. The molecule has 6 heteroatoms. The number of hydrogen-bond donors (Lipinski definition) is 0. The van der Waals surface area contributed by atoms with E-state index in [0.29, 0.717) is 4.60 Å². The molecule has 0 aromatic carbocycles. The molecule has 0 saturated carbocycles. The van der Waals surface area contributed by atoms with Gasteiger partial charge < -0.3 is 4.52 Å². The first-order valence-electron chi connectivity index (χ1n) is 2.56. The van der Waals surface area contributed by atoms with Crippen molar-refractivity contribution in [3.8, 4) is 0 Å². The Hall–Kier alpha value is 0.320. The number of Topliss-reactive ketones (excluding diaryl/α,β-unsaturated/α-hetero) is 1. The van der Waals surface area contributed by atoms with Crippen LogP contribution in [0.2, 0.25) is 0 Å². The number of hydrogen-bond acceptors (Lipinski definition) is 3. The SMILES string of the molecule is O=C(c1cc(Br)no1)C(Br)Br. The predicted octanol–water partition coefficient (Wildman–Crippen LogP) is 2.74. The van der Waals surface area contributed by atoms with Crippen LogP contribution in [0.3, 0.4) is 0 Å². The zero-order chi connectivity index (χ0) is 8.43. The van der Waals surface area contributed by atoms with Crippen LogP contribution in [0.4, 0.5) is 0 Å². The number of rotatable bonds is 2. The summed E-state index contributed by atoms with van der Waals surface area (Å²) in [5.41, 5.74) is 0. The van der Waals surface area contributed by atoms with Gasteiger partial charge in [0.2, 0.25) is 11.5 Å². The molecule has 3 nitrogen and oxygen atoms in total. The van der Waals surface area contributed by atoms with Crippen molar-refractivity contribution in [3.05, 3.63) is 16.4 Å². The summed E-state index contributed by atoms with van der Waals surface area (Å²) in [4.78, 5) is 11.1. The zero-order valence-electron chi connectivity index (χ0n) is 5.05. The van der Waals surface area contributed by atoms with Crippen molar-refractivity contribution in [3.63, 3.8) is 0 Å². The Morgan fingerprint density at radius 2 is 2.27 bits per heavy atom. The Bertz CT molecular complexity index is 270. The molecule has 0 aliphatic carbocycles. The summed E-state index contributed by atoms with van der Waals surface area (Å²) in [6, 6.07) is 1.51. The van der Waals surface area contributed by atoms with Crippen molar-refractivity contribution < 1.29 is 9.32 Å². The van der Waals surface area contributed by atoms with Crippen LogP contribution >= 0.6 is 47.8 Å². The van der Waals surface area contributed by atoms with E-state index in [1.165, 1.54) is 6.07 Å². The first kappa shape index (κ1) is 9.41. The first-order valence-corrected chi connectivity index (χ1v) is 5.18. The van der Waals surface area contributed by atoms with E-state index >= 15 is 0 Å². The van der Waals surface area contributed by atoms with Crippen molar-refractivity contribution in [2.24, 2.45) is 0 Å². The van der Waals surface area contributed by atoms with Gasteiger partial charge in [-0.3, -0.25) is 4.79 Å². The maximum absolute atomic E-state index is 11.1. The molecule has 0 amide bonds. The van der Waals surface area contributed by atoms with Crippen molar-refractivity contribution in [1.82, 2.24) is 5.16 Å². The molecule has 60 valence electrons. The summed E-state index contributed by atoms with van der Waals surface area (Å²) in [5, 5.41) is 3.50. The van der Waals surface area contributed by atoms with Crippen LogP contribution in [0.1, 0.15) is 10.6 Å². The van der Waals surface area contributed by atoms with Gasteiger partial charge in [-0.25, -0.2) is 0 Å². The molecule has 0 fully saturated rings. The van der Waals surface area contributed by atoms with E-state index in [9.17, 15) is 4.79 Å². The van der Waals surface area contributed by atoms with E-state index in [1.807, 2.05) is 0 Å². The molecule has 0 aliphatic rings. The van der Waals surface area contributed by atoms with Crippen LogP contribution < -0.4 is 0 Å². The first-order chi connectivity index (χ1) is 5.11. The summed E-state index contributed by atoms with van der Waals surface area (Å²) in [5.74, 6) is 0.0267. The highest BCUT2D eigenvalue weighted by Gasteiger charge is 2.17. The molecule has 0 atom stereocenters. The minimum atomic E-state index is -0.421. The lowest BCUT2D eigenvalue weighted by molar-refractivity contribution is 0.0978. The van der Waals surface area contributed by atoms with Gasteiger partial charge in [-0.2, -0.15) is 0 Å². The third kappa shape index (κ3) is 2.38. The smallest absolute Gasteiger partial charge is 0.225 e. The van der Waals surface area contributed by atoms with E-state index < -0.39 is 3.74 Å². The monoisotopic (exact) mass is 345 g/mol. The number of ketones is 1. The lowest BCUT2D eigenvalue weighted by atomic mass is 10.3. The van der Waals surface area contributed by atoms with Gasteiger partial charge in [0.15, 0.2) is 0 Å². The van der Waals surface area contributed by atoms with Gasteiger partial charge in [0, 0.05) is 6.07 Å². The van der Waals surface area contributed by atoms with Crippen LogP contribution in [0, 0.1) is 0 Å². The van der Waals surface area contributed by atoms with Gasteiger partial charge in [0.25, 0.3) is 0 Å². The number of carbonyl (C=O) groups excluding carboxylic acids is 1. The number of carbonyl (C=O) groups is 1. The van der Waals surface area contributed by atoms with Crippen LogP contribution in [0.25, 0.3) is 0 Å². The van der Waals surface area contributed by atoms with E-state index in [-0.39, 0.29) is 11.5 Å². The maximum atomic E-state index is 11.1. The third-order valence-corrected chi connectivity index (χ3v) is 2.13. The van der Waals surface area contributed by atoms with E-state index in [0.717, 1.165) is 0 Å². The van der Waals surface area contributed by atoms with Gasteiger partial charge in [0.1, 0.15) is 8.34 Å². The Labute approximate surface area is 87.9 Å². The molecule has 1 heterocycles. The molecule has 0 spiro atoms. The molecule has 0 N–H and O–H groups in total. The quantitative estimate of drug-likeness (QED) is 0.610. The minimum Gasteiger partial charge on any atom is -0.352 e. The number of nitrogens with zero attached hydrogens (tertiary/aromatic N) is 1. The summed E-state index contributed by atoms with van der Waals surface area (Å²) >= 11 is 9.16. The molecule has 0 aliphatic heterocycles. The Balaban J connectivity index is 2.85. The summed E-state index contributed by atoms with van der Waals surface area (Å²) < 4.78 is 4.77. The van der Waals surface area contributed by atoms with E-state index in [2.05, 4.69) is 57.5 Å². The second kappa shape index (κ2) is 3.82. The summed E-state index contributed by atoms with van der Waals surface area (Å²) in [6.45, 7) is 0. The predicted molar refractivity (Wildman–Crippen MR) is 50.2 cm³/mol. The highest BCUT2D eigenvalue weighted by atomic mass is 79.9. The van der Waals surface area contributed by atoms with Gasteiger partial charge in [0.05, 0.1) is 0 Å². The van der Waals surface area contributed by atoms with Crippen LogP contribution in [0.15, 0.2) is 15.2 Å². The fourth-order valence-electron chi connectivity index (χ4n) is 0.477. The molecule has 0 unspecified atom stereocenters. The largest absolute Gasteiger partial charge is 0.352 e. The van der Waals surface area contributed by atoms with E-state index in [1.54, 1.807) is 0 Å². The van der Waals surface area contributed by atoms with Crippen molar-refractivity contribution in [2.75, 3.05) is 0 Å². The Morgan fingerprint density at radius 1 is 1.64 bits per heavy atom. The highest BCUT2D eigenvalue weighted by molar-refractivity contribution is 9.25. The van der Waals surface area contributed by atoms with Crippen LogP contribution in [0.5, 0.6) is 0 Å². The van der Waals surface area contributed by atoms with Crippen LogP contribution in [-0.4, -0.2) is 14.7 Å². The lowest BCUT2D eigenvalue weighted by Gasteiger charge is -1.92. The van der Waals surface area contributed by atoms with Crippen molar-refractivity contribution >= 4 is 53.6 Å². The second-order valence-electron chi connectivity index (χ2n) is 1.68. The third-order valence-electron chi connectivity index (χ3n) is 0.922. The molecule has 1 aromatic heterocycles. The van der Waals surface area contributed by atoms with Gasteiger partial charge >= 0.3 is 0 Å². The molecule has 11 heavy (non-hydrogen) atoms. The standard InChI is InChI=1S/C5H2Br3NO2/c6-3-1-2(11-9-3)4(10)5(7)8/h1,5H. The maximum Gasteiger partial charge on any atom is 0.225 e. The lowest BCUT2D eigenvalue weighted by Crippen LogP contribution is -2.05. The average molecular weight is 348 g/mol. The highest BCUT2D eigenvalue weighted by Crippen LogP contribution is 2.18. The average Bonchev–Trinajstić information content (AvgIpc) is 2.34. The van der Waals surface area contributed by atoms with Gasteiger partial charge in [-0.15, -0.1) is 0 Å². The normalized spacial score (nSPS) is 10.5. The number of alkyl halides is 2. The summed E-state index contributed by atoms with van der Waals surface area (Å²) in [6.07, 6.45) is 0. The molecule has 0 radical (unpaired) electrons. The molecular weight excluding hydrogens is 346 g/mol. The minimum absolute atomic E-state index is 0.191. The second-order valence-corrected chi connectivity index (χ2v) is 5.55.